The van der Waals surface area contributed by atoms with E-state index in [1.165, 1.54) is 13.2 Å². The minimum Gasteiger partial charge on any atom is -0.493 e. The summed E-state index contributed by atoms with van der Waals surface area (Å²) in [6, 6.07) is 12.8. The van der Waals surface area contributed by atoms with Crippen molar-refractivity contribution < 1.29 is 23.9 Å². The van der Waals surface area contributed by atoms with Crippen molar-refractivity contribution in [2.75, 3.05) is 12.0 Å². The number of carbonyl (C=O) groups excluding carboxylic acids is 3. The maximum Gasteiger partial charge on any atom is 0.335 e. The highest BCUT2D eigenvalue weighted by atomic mass is 16.5. The summed E-state index contributed by atoms with van der Waals surface area (Å²) in [6.45, 7) is 3.72. The predicted octanol–water partition coefficient (Wildman–Crippen LogP) is 3.15. The summed E-state index contributed by atoms with van der Waals surface area (Å²) in [5.74, 6) is -0.585. The number of amides is 4. The van der Waals surface area contributed by atoms with Gasteiger partial charge in [0.1, 0.15) is 5.57 Å². The second-order valence-corrected chi connectivity index (χ2v) is 6.34. The molecule has 0 saturated carbocycles. The third-order valence-electron chi connectivity index (χ3n) is 4.00. The Morgan fingerprint density at radius 2 is 1.71 bits per heavy atom. The number of imide groups is 2. The molecule has 28 heavy (non-hydrogen) atoms. The van der Waals surface area contributed by atoms with Crippen molar-refractivity contribution in [1.82, 2.24) is 5.32 Å². The molecule has 1 aliphatic heterocycles. The lowest BCUT2D eigenvalue weighted by Crippen LogP contribution is -2.54. The number of hydrogen-bond donors (Lipinski definition) is 1. The van der Waals surface area contributed by atoms with Crippen LogP contribution in [-0.2, 0) is 9.59 Å². The second-order valence-electron chi connectivity index (χ2n) is 6.34. The number of carbonyl (C=O) groups is 3. The minimum atomic E-state index is -0.789. The molecule has 0 aromatic heterocycles. The first kappa shape index (κ1) is 19.2. The van der Waals surface area contributed by atoms with Gasteiger partial charge >= 0.3 is 6.03 Å². The quantitative estimate of drug-likeness (QED) is 0.636. The maximum absolute atomic E-state index is 12.9. The fourth-order valence-corrected chi connectivity index (χ4v) is 2.79. The van der Waals surface area contributed by atoms with Crippen LogP contribution in [-0.4, -0.2) is 31.1 Å². The maximum atomic E-state index is 12.9. The fourth-order valence-electron chi connectivity index (χ4n) is 2.79. The molecule has 144 valence electrons. The van der Waals surface area contributed by atoms with E-state index in [0.717, 1.165) is 4.90 Å². The molecule has 1 fully saturated rings. The second kappa shape index (κ2) is 7.96. The van der Waals surface area contributed by atoms with Crippen LogP contribution in [0.1, 0.15) is 19.4 Å². The number of para-hydroxylation sites is 2. The van der Waals surface area contributed by atoms with Gasteiger partial charge in [0.25, 0.3) is 11.8 Å². The summed E-state index contributed by atoms with van der Waals surface area (Å²) in [6.07, 6.45) is 1.26. The van der Waals surface area contributed by atoms with Crippen molar-refractivity contribution in [3.63, 3.8) is 0 Å². The van der Waals surface area contributed by atoms with Crippen molar-refractivity contribution in [1.29, 1.82) is 0 Å². The predicted molar refractivity (Wildman–Crippen MR) is 104 cm³/mol. The van der Waals surface area contributed by atoms with Crippen LogP contribution in [0.4, 0.5) is 10.5 Å². The zero-order chi connectivity index (χ0) is 20.3. The van der Waals surface area contributed by atoms with Crippen molar-refractivity contribution in [3.8, 4) is 11.5 Å². The van der Waals surface area contributed by atoms with Crippen LogP contribution in [0, 0.1) is 0 Å². The Labute approximate surface area is 162 Å². The number of nitrogens with one attached hydrogen (secondary N) is 1. The number of benzene rings is 2. The van der Waals surface area contributed by atoms with E-state index in [9.17, 15) is 14.4 Å². The highest BCUT2D eigenvalue weighted by molar-refractivity contribution is 6.39. The Morgan fingerprint density at radius 3 is 2.36 bits per heavy atom. The molecule has 2 aromatic rings. The van der Waals surface area contributed by atoms with Crippen molar-refractivity contribution in [2.45, 2.75) is 20.0 Å². The number of rotatable bonds is 5. The summed E-state index contributed by atoms with van der Waals surface area (Å²) in [7, 11) is 1.51. The van der Waals surface area contributed by atoms with Crippen LogP contribution in [0.2, 0.25) is 0 Å². The zero-order valence-electron chi connectivity index (χ0n) is 15.8. The van der Waals surface area contributed by atoms with Gasteiger partial charge in [0.2, 0.25) is 0 Å². The number of anilines is 1. The third kappa shape index (κ3) is 3.73. The van der Waals surface area contributed by atoms with Gasteiger partial charge in [-0.15, -0.1) is 0 Å². The van der Waals surface area contributed by atoms with Gasteiger partial charge in [0.05, 0.1) is 18.9 Å². The first-order chi connectivity index (χ1) is 13.4. The van der Waals surface area contributed by atoms with E-state index in [-0.39, 0.29) is 11.7 Å². The van der Waals surface area contributed by atoms with Gasteiger partial charge in [-0.05, 0) is 38.1 Å². The molecule has 1 heterocycles. The largest absolute Gasteiger partial charge is 0.493 e. The van der Waals surface area contributed by atoms with Crippen LogP contribution in [0.3, 0.4) is 0 Å². The van der Waals surface area contributed by atoms with Crippen molar-refractivity contribution in [2.24, 2.45) is 0 Å². The molecule has 1 aliphatic rings. The van der Waals surface area contributed by atoms with Crippen molar-refractivity contribution in [3.05, 3.63) is 59.7 Å². The SMILES string of the molecule is COc1cccc(/C=C2\C(=O)NC(=O)N(c3ccccc3)C2=O)c1OC(C)C. The van der Waals surface area contributed by atoms with Crippen LogP contribution < -0.4 is 19.7 Å². The first-order valence-corrected chi connectivity index (χ1v) is 8.72. The molecular formula is C21H20N2O5. The third-order valence-corrected chi connectivity index (χ3v) is 4.00. The van der Waals surface area contributed by atoms with E-state index in [0.29, 0.717) is 22.7 Å². The zero-order valence-corrected chi connectivity index (χ0v) is 15.8. The Bertz CT molecular complexity index is 951. The highest BCUT2D eigenvalue weighted by Crippen LogP contribution is 2.34. The van der Waals surface area contributed by atoms with E-state index >= 15 is 0 Å². The van der Waals surface area contributed by atoms with E-state index < -0.39 is 17.8 Å². The molecule has 0 spiro atoms. The molecule has 0 aliphatic carbocycles. The molecule has 2 aromatic carbocycles. The molecule has 3 rings (SSSR count). The summed E-state index contributed by atoms with van der Waals surface area (Å²) >= 11 is 0. The smallest absolute Gasteiger partial charge is 0.335 e. The van der Waals surface area contributed by atoms with Gasteiger partial charge in [0.15, 0.2) is 11.5 Å². The van der Waals surface area contributed by atoms with Gasteiger partial charge in [0, 0.05) is 5.56 Å². The molecule has 7 heteroatoms. The molecule has 1 N–H and O–H groups in total. The van der Waals surface area contributed by atoms with Gasteiger partial charge in [-0.2, -0.15) is 0 Å². The lowest BCUT2D eigenvalue weighted by Gasteiger charge is -2.26. The molecule has 0 radical (unpaired) electrons. The van der Waals surface area contributed by atoms with E-state index in [1.807, 2.05) is 13.8 Å². The molecule has 7 nitrogen and oxygen atoms in total. The summed E-state index contributed by atoms with van der Waals surface area (Å²) in [5, 5.41) is 2.20. The van der Waals surface area contributed by atoms with Gasteiger partial charge in [-0.25, -0.2) is 9.69 Å². The average molecular weight is 380 g/mol. The lowest BCUT2D eigenvalue weighted by molar-refractivity contribution is -0.122. The lowest BCUT2D eigenvalue weighted by atomic mass is 10.1. The average Bonchev–Trinajstić information content (AvgIpc) is 2.66. The first-order valence-electron chi connectivity index (χ1n) is 8.72. The Kier molecular flexibility index (Phi) is 5.44. The standard InChI is InChI=1S/C21H20N2O5/c1-13(2)28-18-14(8-7-11-17(18)27-3)12-16-19(24)22-21(26)23(20(16)25)15-9-5-4-6-10-15/h4-13H,1-3H3,(H,22,24,26)/b16-12+. The molecule has 0 atom stereocenters. The van der Waals surface area contributed by atoms with E-state index in [1.54, 1.807) is 48.5 Å². The van der Waals surface area contributed by atoms with Crippen molar-refractivity contribution >= 4 is 29.6 Å². The van der Waals surface area contributed by atoms with Gasteiger partial charge in [-0.3, -0.25) is 14.9 Å². The number of ether oxygens (including phenoxy) is 2. The fraction of sp³-hybridized carbons (Fsp3) is 0.190. The number of nitrogens with zero attached hydrogens (tertiary/aromatic N) is 1. The van der Waals surface area contributed by atoms with Gasteiger partial charge < -0.3 is 9.47 Å². The number of hydrogen-bond acceptors (Lipinski definition) is 5. The number of methoxy groups -OCH3 is 1. The summed E-state index contributed by atoms with van der Waals surface area (Å²) in [5.41, 5.74) is 0.687. The van der Waals surface area contributed by atoms with Gasteiger partial charge in [-0.1, -0.05) is 30.3 Å². The number of barbiturate groups is 1. The summed E-state index contributed by atoms with van der Waals surface area (Å²) in [4.78, 5) is 38.5. The Hall–Kier alpha value is -3.61. The minimum absolute atomic E-state index is 0.147. The normalized spacial score (nSPS) is 15.8. The van der Waals surface area contributed by atoms with E-state index in [2.05, 4.69) is 5.32 Å². The summed E-state index contributed by atoms with van der Waals surface area (Å²) < 4.78 is 11.2. The molecule has 0 bridgehead atoms. The Morgan fingerprint density at radius 1 is 1.00 bits per heavy atom. The van der Waals surface area contributed by atoms with Crippen LogP contribution in [0.25, 0.3) is 6.08 Å². The van der Waals surface area contributed by atoms with Crippen LogP contribution in [0.15, 0.2) is 54.1 Å². The number of urea groups is 1. The monoisotopic (exact) mass is 380 g/mol. The van der Waals surface area contributed by atoms with Crippen LogP contribution in [0.5, 0.6) is 11.5 Å². The van der Waals surface area contributed by atoms with E-state index in [4.69, 9.17) is 9.47 Å². The molecule has 4 amide bonds. The van der Waals surface area contributed by atoms with Crippen LogP contribution >= 0.6 is 0 Å². The molecule has 1 saturated heterocycles. The highest BCUT2D eigenvalue weighted by Gasteiger charge is 2.37. The molecule has 0 unspecified atom stereocenters. The Balaban J connectivity index is 2.07. The topological polar surface area (TPSA) is 84.9 Å². The molecular weight excluding hydrogens is 360 g/mol.